The van der Waals surface area contributed by atoms with Gasteiger partial charge in [-0.15, -0.1) is 12.8 Å². The maximum atomic E-state index is 13.3. The van der Waals surface area contributed by atoms with Crippen LogP contribution in [0.3, 0.4) is 0 Å². The van der Waals surface area contributed by atoms with Gasteiger partial charge in [0.2, 0.25) is 10.0 Å². The number of rotatable bonds is 7. The fourth-order valence-corrected chi connectivity index (χ4v) is 5.82. The van der Waals surface area contributed by atoms with Gasteiger partial charge in [0.1, 0.15) is 17.3 Å². The van der Waals surface area contributed by atoms with Crippen LogP contribution in [0.5, 0.6) is 0 Å². The summed E-state index contributed by atoms with van der Waals surface area (Å²) in [7, 11) is -0.889. The number of cyclic esters (lactones) is 1. The second kappa shape index (κ2) is 11.9. The highest BCUT2D eigenvalue weighted by Crippen LogP contribution is 2.35. The number of piperidine rings is 1. The number of fused-ring (bicyclic) bond motifs is 1. The summed E-state index contributed by atoms with van der Waals surface area (Å²) in [5.74, 6) is 0.260. The molecule has 9 heteroatoms. The third-order valence-corrected chi connectivity index (χ3v) is 7.62. The molecule has 2 heterocycles. The first-order chi connectivity index (χ1) is 15.8. The van der Waals surface area contributed by atoms with E-state index >= 15 is 0 Å². The first kappa shape index (κ1) is 26.5. The minimum absolute atomic E-state index is 0.0825. The molecule has 0 saturated carbocycles. The lowest BCUT2D eigenvalue weighted by molar-refractivity contribution is 0.135. The van der Waals surface area contributed by atoms with Crippen molar-refractivity contribution < 1.29 is 27.4 Å². The van der Waals surface area contributed by atoms with E-state index in [4.69, 9.17) is 14.2 Å². The average Bonchev–Trinajstić information content (AvgIpc) is 2.83. The van der Waals surface area contributed by atoms with Crippen molar-refractivity contribution in [1.82, 2.24) is 4.31 Å². The van der Waals surface area contributed by atoms with Crippen molar-refractivity contribution in [2.75, 3.05) is 38.8 Å². The van der Waals surface area contributed by atoms with Gasteiger partial charge in [-0.2, -0.15) is 4.31 Å². The number of terminal acetylenes is 1. The minimum atomic E-state index is -3.78. The van der Waals surface area contributed by atoms with Crippen LogP contribution in [0.2, 0.25) is 0 Å². The predicted molar refractivity (Wildman–Crippen MR) is 128 cm³/mol. The maximum Gasteiger partial charge on any atom is 0.414 e. The lowest BCUT2D eigenvalue weighted by Crippen LogP contribution is -2.51. The summed E-state index contributed by atoms with van der Waals surface area (Å²) in [6.45, 7) is 4.52. The van der Waals surface area contributed by atoms with Gasteiger partial charge in [-0.3, -0.25) is 4.90 Å². The standard InChI is InChI=1S/C22H30N2O6S.C2H2/c1-5-7-19(29-4)20(15-28-3)31(26,27)23-12-10-18(11-13-23)24-21-16(2)8-6-9-17(21)14-30-22(24)25;1-2/h5-9,18H,10-15H2,1-4H3;1-2H/b7-5-,20-19-;. The van der Waals surface area contributed by atoms with Gasteiger partial charge in [0, 0.05) is 31.8 Å². The largest absolute Gasteiger partial charge is 0.496 e. The number of anilines is 1. The monoisotopic (exact) mass is 476 g/mol. The fourth-order valence-electron chi connectivity index (χ4n) is 4.14. The number of amides is 1. The first-order valence-electron chi connectivity index (χ1n) is 10.6. The van der Waals surface area contributed by atoms with Crippen molar-refractivity contribution in [1.29, 1.82) is 0 Å². The first-order valence-corrected chi connectivity index (χ1v) is 12.1. The van der Waals surface area contributed by atoms with Crippen LogP contribution in [-0.4, -0.2) is 58.8 Å². The Hall–Kier alpha value is -2.80. The molecule has 0 atom stereocenters. The number of nitrogens with zero attached hydrogens (tertiary/aromatic N) is 2. The molecule has 2 aliphatic rings. The molecule has 2 aliphatic heterocycles. The van der Waals surface area contributed by atoms with Gasteiger partial charge in [-0.05, 0) is 38.3 Å². The van der Waals surface area contributed by atoms with Crippen LogP contribution in [0.4, 0.5) is 10.5 Å². The molecule has 1 saturated heterocycles. The average molecular weight is 477 g/mol. The molecule has 1 aromatic rings. The minimum Gasteiger partial charge on any atom is -0.496 e. The highest BCUT2D eigenvalue weighted by Gasteiger charge is 2.38. The lowest BCUT2D eigenvalue weighted by atomic mass is 10.00. The summed E-state index contributed by atoms with van der Waals surface area (Å²) in [6, 6.07) is 5.74. The van der Waals surface area contributed by atoms with Crippen LogP contribution in [0.15, 0.2) is 41.0 Å². The molecular formula is C24H32N2O6S. The van der Waals surface area contributed by atoms with E-state index in [1.807, 2.05) is 25.1 Å². The molecule has 1 fully saturated rings. The fraction of sp³-hybridized carbons (Fsp3) is 0.458. The Bertz CT molecular complexity index is 1020. The van der Waals surface area contributed by atoms with E-state index in [-0.39, 0.29) is 49.1 Å². The second-order valence-corrected chi connectivity index (χ2v) is 9.53. The Morgan fingerprint density at radius 2 is 1.91 bits per heavy atom. The molecule has 8 nitrogen and oxygen atoms in total. The number of sulfonamides is 1. The molecule has 0 bridgehead atoms. The molecule has 180 valence electrons. The highest BCUT2D eigenvalue weighted by molar-refractivity contribution is 7.93. The van der Waals surface area contributed by atoms with Crippen LogP contribution >= 0.6 is 0 Å². The molecule has 0 spiro atoms. The summed E-state index contributed by atoms with van der Waals surface area (Å²) in [5.41, 5.74) is 2.86. The zero-order valence-corrected chi connectivity index (χ0v) is 20.4. The van der Waals surface area contributed by atoms with E-state index < -0.39 is 10.0 Å². The van der Waals surface area contributed by atoms with E-state index in [1.165, 1.54) is 18.5 Å². The van der Waals surface area contributed by atoms with Gasteiger partial charge < -0.3 is 14.2 Å². The summed E-state index contributed by atoms with van der Waals surface area (Å²) >= 11 is 0. The number of ether oxygens (including phenoxy) is 3. The zero-order chi connectivity index (χ0) is 24.6. The molecule has 33 heavy (non-hydrogen) atoms. The molecule has 0 aromatic heterocycles. The highest BCUT2D eigenvalue weighted by atomic mass is 32.2. The van der Waals surface area contributed by atoms with Gasteiger partial charge in [0.15, 0.2) is 0 Å². The van der Waals surface area contributed by atoms with Crippen molar-refractivity contribution >= 4 is 21.8 Å². The zero-order valence-electron chi connectivity index (χ0n) is 19.6. The van der Waals surface area contributed by atoms with E-state index in [9.17, 15) is 13.2 Å². The van der Waals surface area contributed by atoms with Gasteiger partial charge in [0.05, 0.1) is 19.4 Å². The number of methoxy groups -OCH3 is 2. The number of para-hydroxylation sites is 1. The van der Waals surface area contributed by atoms with E-state index in [2.05, 4.69) is 12.8 Å². The van der Waals surface area contributed by atoms with Crippen molar-refractivity contribution in [3.63, 3.8) is 0 Å². The topological polar surface area (TPSA) is 85.4 Å². The number of benzene rings is 1. The SMILES string of the molecule is C#C.C/C=C\C(OC)=C(/COC)S(=O)(=O)N1CCC(N2C(=O)OCc3cccc(C)c32)CC1. The second-order valence-electron chi connectivity index (χ2n) is 7.57. The Morgan fingerprint density at radius 1 is 1.24 bits per heavy atom. The normalized spacial score (nSPS) is 18.1. The molecule has 0 radical (unpaired) electrons. The molecule has 1 aromatic carbocycles. The number of hydrogen-bond donors (Lipinski definition) is 0. The van der Waals surface area contributed by atoms with Crippen molar-refractivity contribution in [2.24, 2.45) is 0 Å². The molecule has 1 amide bonds. The Morgan fingerprint density at radius 3 is 2.48 bits per heavy atom. The van der Waals surface area contributed by atoms with Crippen LogP contribution in [0, 0.1) is 19.8 Å². The smallest absolute Gasteiger partial charge is 0.414 e. The Kier molecular flexibility index (Phi) is 9.53. The van der Waals surface area contributed by atoms with Crippen molar-refractivity contribution in [3.05, 3.63) is 52.1 Å². The summed E-state index contributed by atoms with van der Waals surface area (Å²) < 4.78 is 43.9. The number of carbonyl (C=O) groups excluding carboxylic acids is 1. The van der Waals surface area contributed by atoms with Crippen molar-refractivity contribution in [2.45, 2.75) is 39.3 Å². The summed E-state index contributed by atoms with van der Waals surface area (Å²) in [4.78, 5) is 14.4. The van der Waals surface area contributed by atoms with E-state index in [1.54, 1.807) is 24.0 Å². The summed E-state index contributed by atoms with van der Waals surface area (Å²) in [6.07, 6.45) is 12.0. The van der Waals surface area contributed by atoms with Crippen LogP contribution < -0.4 is 4.90 Å². The van der Waals surface area contributed by atoms with Crippen LogP contribution in [0.1, 0.15) is 30.9 Å². The number of allylic oxidation sites excluding steroid dienone is 2. The molecule has 0 aliphatic carbocycles. The number of hydrogen-bond acceptors (Lipinski definition) is 6. The van der Waals surface area contributed by atoms with Gasteiger partial charge in [-0.25, -0.2) is 13.2 Å². The van der Waals surface area contributed by atoms with Gasteiger partial charge in [0.25, 0.3) is 0 Å². The number of aryl methyl sites for hydroxylation is 1. The van der Waals surface area contributed by atoms with Crippen molar-refractivity contribution in [3.8, 4) is 12.8 Å². The Labute approximate surface area is 196 Å². The number of carbonyl (C=O) groups is 1. The third-order valence-electron chi connectivity index (χ3n) is 5.64. The lowest BCUT2D eigenvalue weighted by Gasteiger charge is -2.40. The molecular weight excluding hydrogens is 444 g/mol. The quantitative estimate of drug-likeness (QED) is 0.340. The van der Waals surface area contributed by atoms with Gasteiger partial charge >= 0.3 is 6.09 Å². The van der Waals surface area contributed by atoms with Crippen LogP contribution in [0.25, 0.3) is 0 Å². The Balaban J connectivity index is 0.00000187. The van der Waals surface area contributed by atoms with Crippen LogP contribution in [-0.2, 0) is 30.8 Å². The van der Waals surface area contributed by atoms with E-state index in [0.717, 1.165) is 16.8 Å². The summed E-state index contributed by atoms with van der Waals surface area (Å²) in [5, 5.41) is 0. The third kappa shape index (κ3) is 5.58. The molecule has 0 unspecified atom stereocenters. The van der Waals surface area contributed by atoms with E-state index in [0.29, 0.717) is 12.8 Å². The molecule has 0 N–H and O–H groups in total. The maximum absolute atomic E-state index is 13.3. The molecule has 3 rings (SSSR count). The van der Waals surface area contributed by atoms with Gasteiger partial charge in [-0.1, -0.05) is 24.3 Å². The predicted octanol–water partition coefficient (Wildman–Crippen LogP) is 3.58.